The predicted molar refractivity (Wildman–Crippen MR) is 73.1 cm³/mol. The van der Waals surface area contributed by atoms with Crippen LogP contribution in [0.15, 0.2) is 18.2 Å². The summed E-state index contributed by atoms with van der Waals surface area (Å²) in [5.74, 6) is -1.73. The van der Waals surface area contributed by atoms with Crippen LogP contribution < -0.4 is 5.32 Å². The van der Waals surface area contributed by atoms with Crippen LogP contribution in [0, 0.1) is 17.6 Å². The van der Waals surface area contributed by atoms with Gasteiger partial charge in [0.1, 0.15) is 0 Å². The van der Waals surface area contributed by atoms with Crippen LogP contribution in [0.25, 0.3) is 0 Å². The first-order valence-electron chi connectivity index (χ1n) is 6.93. The van der Waals surface area contributed by atoms with Gasteiger partial charge < -0.3 is 10.2 Å². The van der Waals surface area contributed by atoms with Crippen LogP contribution in [-0.2, 0) is 4.79 Å². The third-order valence-corrected chi connectivity index (χ3v) is 4.00. The van der Waals surface area contributed by atoms with Crippen molar-refractivity contribution in [3.05, 3.63) is 35.4 Å². The molecule has 2 rings (SSSR count). The second kappa shape index (κ2) is 6.31. The van der Waals surface area contributed by atoms with Crippen LogP contribution in [-0.4, -0.2) is 30.9 Å². The molecule has 2 atom stereocenters. The Balaban J connectivity index is 2.08. The summed E-state index contributed by atoms with van der Waals surface area (Å²) < 4.78 is 26.2. The number of carbonyl (C=O) groups excluding carboxylic acids is 1. The van der Waals surface area contributed by atoms with Crippen molar-refractivity contribution in [3.63, 3.8) is 0 Å². The van der Waals surface area contributed by atoms with E-state index in [1.165, 1.54) is 6.07 Å². The number of nitrogens with zero attached hydrogens (tertiary/aromatic N) is 1. The second-order valence-electron chi connectivity index (χ2n) is 5.34. The van der Waals surface area contributed by atoms with Gasteiger partial charge in [-0.1, -0.05) is 6.07 Å². The van der Waals surface area contributed by atoms with Crippen molar-refractivity contribution in [1.29, 1.82) is 0 Å². The van der Waals surface area contributed by atoms with E-state index in [9.17, 15) is 13.6 Å². The minimum Gasteiger partial charge on any atom is -0.339 e. The average Bonchev–Trinajstić information content (AvgIpc) is 2.48. The molecule has 110 valence electrons. The molecule has 1 saturated heterocycles. The zero-order chi connectivity index (χ0) is 14.7. The topological polar surface area (TPSA) is 32.3 Å². The molecule has 0 saturated carbocycles. The first-order valence-corrected chi connectivity index (χ1v) is 6.93. The fourth-order valence-electron chi connectivity index (χ4n) is 2.54. The van der Waals surface area contributed by atoms with Crippen LogP contribution in [0.4, 0.5) is 8.78 Å². The van der Waals surface area contributed by atoms with Gasteiger partial charge in [0, 0.05) is 13.6 Å². The van der Waals surface area contributed by atoms with E-state index in [4.69, 9.17) is 0 Å². The first-order chi connectivity index (χ1) is 9.50. The molecule has 0 aromatic heterocycles. The summed E-state index contributed by atoms with van der Waals surface area (Å²) in [6.07, 6.45) is 1.87. The van der Waals surface area contributed by atoms with E-state index in [2.05, 4.69) is 5.32 Å². The number of benzene rings is 1. The van der Waals surface area contributed by atoms with Gasteiger partial charge in [-0.15, -0.1) is 0 Å². The molecule has 1 heterocycles. The van der Waals surface area contributed by atoms with Gasteiger partial charge >= 0.3 is 0 Å². The van der Waals surface area contributed by atoms with E-state index >= 15 is 0 Å². The number of hydrogen-bond acceptors (Lipinski definition) is 2. The molecule has 1 aliphatic heterocycles. The SMILES string of the molecule is CC(c1ccc(F)c(F)c1)N(C)C(=O)[C@@H]1CCCNC1. The second-order valence-corrected chi connectivity index (χ2v) is 5.34. The van der Waals surface area contributed by atoms with E-state index in [0.29, 0.717) is 12.1 Å². The minimum atomic E-state index is -0.880. The Bertz CT molecular complexity index is 487. The van der Waals surface area contributed by atoms with Crippen molar-refractivity contribution in [3.8, 4) is 0 Å². The largest absolute Gasteiger partial charge is 0.339 e. The van der Waals surface area contributed by atoms with Crippen molar-refractivity contribution in [1.82, 2.24) is 10.2 Å². The number of rotatable bonds is 3. The Morgan fingerprint density at radius 1 is 1.40 bits per heavy atom. The van der Waals surface area contributed by atoms with E-state index in [1.807, 2.05) is 6.92 Å². The Morgan fingerprint density at radius 2 is 2.15 bits per heavy atom. The number of amides is 1. The van der Waals surface area contributed by atoms with Crippen molar-refractivity contribution in [2.45, 2.75) is 25.8 Å². The smallest absolute Gasteiger partial charge is 0.227 e. The summed E-state index contributed by atoms with van der Waals surface area (Å²) >= 11 is 0. The maximum Gasteiger partial charge on any atom is 0.227 e. The summed E-state index contributed by atoms with van der Waals surface area (Å²) in [6, 6.07) is 3.50. The molecule has 1 fully saturated rings. The lowest BCUT2D eigenvalue weighted by Gasteiger charge is -2.31. The molecule has 1 aliphatic rings. The zero-order valence-corrected chi connectivity index (χ0v) is 11.8. The summed E-state index contributed by atoms with van der Waals surface area (Å²) in [7, 11) is 1.71. The Labute approximate surface area is 118 Å². The number of piperidine rings is 1. The lowest BCUT2D eigenvalue weighted by Crippen LogP contribution is -2.42. The Kier molecular flexibility index (Phi) is 4.70. The monoisotopic (exact) mass is 282 g/mol. The molecular formula is C15H20F2N2O. The molecule has 3 nitrogen and oxygen atoms in total. The summed E-state index contributed by atoms with van der Waals surface area (Å²) in [5, 5.41) is 3.21. The van der Waals surface area contributed by atoms with Crippen molar-refractivity contribution in [2.24, 2.45) is 5.92 Å². The molecule has 1 aromatic carbocycles. The third-order valence-electron chi connectivity index (χ3n) is 4.00. The molecule has 1 N–H and O–H groups in total. The fourth-order valence-corrected chi connectivity index (χ4v) is 2.54. The fraction of sp³-hybridized carbons (Fsp3) is 0.533. The number of hydrogen-bond donors (Lipinski definition) is 1. The molecule has 5 heteroatoms. The maximum absolute atomic E-state index is 13.3. The predicted octanol–water partition coefficient (Wildman–Crippen LogP) is 2.48. The van der Waals surface area contributed by atoms with Crippen molar-refractivity contribution in [2.75, 3.05) is 20.1 Å². The van der Waals surface area contributed by atoms with E-state index in [-0.39, 0.29) is 17.9 Å². The summed E-state index contributed by atoms with van der Waals surface area (Å²) in [4.78, 5) is 14.0. The summed E-state index contributed by atoms with van der Waals surface area (Å²) in [6.45, 7) is 3.46. The van der Waals surface area contributed by atoms with Crippen LogP contribution in [0.1, 0.15) is 31.4 Å². The normalized spacial score (nSPS) is 20.5. The highest BCUT2D eigenvalue weighted by molar-refractivity contribution is 5.79. The van der Waals surface area contributed by atoms with Crippen molar-refractivity contribution < 1.29 is 13.6 Å². The van der Waals surface area contributed by atoms with Crippen molar-refractivity contribution >= 4 is 5.91 Å². The highest BCUT2D eigenvalue weighted by atomic mass is 19.2. The standard InChI is InChI=1S/C15H20F2N2O/c1-10(11-5-6-13(16)14(17)8-11)19(2)15(20)12-4-3-7-18-9-12/h5-6,8,10,12,18H,3-4,7,9H2,1-2H3/t10?,12-/m1/s1. The molecule has 0 aliphatic carbocycles. The maximum atomic E-state index is 13.3. The highest BCUT2D eigenvalue weighted by Crippen LogP contribution is 2.24. The van der Waals surface area contributed by atoms with Gasteiger partial charge in [-0.2, -0.15) is 0 Å². The molecule has 0 spiro atoms. The lowest BCUT2D eigenvalue weighted by atomic mass is 9.97. The van der Waals surface area contributed by atoms with E-state index in [1.54, 1.807) is 11.9 Å². The molecule has 1 amide bonds. The van der Waals surface area contributed by atoms with E-state index < -0.39 is 11.6 Å². The molecule has 20 heavy (non-hydrogen) atoms. The van der Waals surface area contributed by atoms with Crippen LogP contribution in [0.5, 0.6) is 0 Å². The summed E-state index contributed by atoms with van der Waals surface area (Å²) in [5.41, 5.74) is 0.600. The van der Waals surface area contributed by atoms with Gasteiger partial charge in [0.05, 0.1) is 12.0 Å². The van der Waals surface area contributed by atoms with Crippen LogP contribution in [0.2, 0.25) is 0 Å². The Morgan fingerprint density at radius 3 is 2.75 bits per heavy atom. The van der Waals surface area contributed by atoms with Gasteiger partial charge in [-0.3, -0.25) is 4.79 Å². The molecule has 0 bridgehead atoms. The van der Waals surface area contributed by atoms with Crippen LogP contribution in [0.3, 0.4) is 0 Å². The van der Waals surface area contributed by atoms with Gasteiger partial charge in [0.25, 0.3) is 0 Å². The molecular weight excluding hydrogens is 262 g/mol. The average molecular weight is 282 g/mol. The quantitative estimate of drug-likeness (QED) is 0.923. The van der Waals surface area contributed by atoms with Gasteiger partial charge in [-0.05, 0) is 44.0 Å². The van der Waals surface area contributed by atoms with Crippen LogP contribution >= 0.6 is 0 Å². The zero-order valence-electron chi connectivity index (χ0n) is 11.8. The van der Waals surface area contributed by atoms with Gasteiger partial charge in [-0.25, -0.2) is 8.78 Å². The number of halogens is 2. The molecule has 0 radical (unpaired) electrons. The number of nitrogens with one attached hydrogen (secondary N) is 1. The third kappa shape index (κ3) is 3.15. The van der Waals surface area contributed by atoms with Gasteiger partial charge in [0.15, 0.2) is 11.6 Å². The lowest BCUT2D eigenvalue weighted by molar-refractivity contribution is -0.136. The number of carbonyl (C=O) groups is 1. The minimum absolute atomic E-state index is 0.0264. The van der Waals surface area contributed by atoms with Gasteiger partial charge in [0.2, 0.25) is 5.91 Å². The van der Waals surface area contributed by atoms with E-state index in [0.717, 1.165) is 31.5 Å². The highest BCUT2D eigenvalue weighted by Gasteiger charge is 2.27. The first kappa shape index (κ1) is 14.9. The molecule has 1 aromatic rings. The Hall–Kier alpha value is -1.49. The molecule has 1 unspecified atom stereocenters.